The predicted octanol–water partition coefficient (Wildman–Crippen LogP) is 10.3. The van der Waals surface area contributed by atoms with Crippen LogP contribution in [-0.4, -0.2) is 14.5 Å². The summed E-state index contributed by atoms with van der Waals surface area (Å²) in [5.74, 6) is 1.74. The molecular formula is C40H33IrN3O-2. The number of allylic oxidation sites excluding steroid dienone is 1. The van der Waals surface area contributed by atoms with E-state index < -0.39 is 0 Å². The smallest absolute Gasteiger partial charge is 0.120 e. The molecule has 1 saturated carbocycles. The van der Waals surface area contributed by atoms with Gasteiger partial charge < -0.3 is 14.0 Å². The summed E-state index contributed by atoms with van der Waals surface area (Å²) in [6.07, 6.45) is 9.60. The number of imidazole rings is 1. The quantitative estimate of drug-likeness (QED) is 0.168. The maximum Gasteiger partial charge on any atom is 0.120 e. The Morgan fingerprint density at radius 3 is 2.44 bits per heavy atom. The Bertz CT molecular complexity index is 2150. The predicted molar refractivity (Wildman–Crippen MR) is 179 cm³/mol. The van der Waals surface area contributed by atoms with E-state index in [0.717, 1.165) is 50.1 Å². The molecule has 9 rings (SSSR count). The Kier molecular flexibility index (Phi) is 7.77. The molecule has 4 heterocycles. The van der Waals surface area contributed by atoms with Crippen molar-refractivity contribution in [2.24, 2.45) is 5.92 Å². The van der Waals surface area contributed by atoms with Crippen LogP contribution in [0.3, 0.4) is 0 Å². The van der Waals surface area contributed by atoms with Crippen molar-refractivity contribution in [2.75, 3.05) is 0 Å². The van der Waals surface area contributed by atoms with Gasteiger partial charge in [-0.1, -0.05) is 72.3 Å². The first-order valence-electron chi connectivity index (χ1n) is 15.5. The maximum absolute atomic E-state index is 5.97. The van der Waals surface area contributed by atoms with Crippen LogP contribution in [0.1, 0.15) is 45.1 Å². The molecule has 7 aromatic rings. The third-order valence-corrected chi connectivity index (χ3v) is 9.29. The van der Waals surface area contributed by atoms with Crippen LogP contribution in [0.4, 0.5) is 0 Å². The third kappa shape index (κ3) is 5.05. The van der Waals surface area contributed by atoms with Crippen molar-refractivity contribution in [3.8, 4) is 22.6 Å². The van der Waals surface area contributed by atoms with E-state index in [4.69, 9.17) is 9.40 Å². The van der Waals surface area contributed by atoms with Gasteiger partial charge in [0.15, 0.2) is 0 Å². The molecule has 1 radical (unpaired) electrons. The molecule has 0 atom stereocenters. The van der Waals surface area contributed by atoms with Gasteiger partial charge in [0.25, 0.3) is 0 Å². The second kappa shape index (κ2) is 11.9. The van der Waals surface area contributed by atoms with Gasteiger partial charge in [-0.05, 0) is 67.6 Å². The molecule has 0 N–H and O–H groups in total. The number of para-hydroxylation sites is 2. The van der Waals surface area contributed by atoms with Crippen LogP contribution in [0.2, 0.25) is 0 Å². The zero-order chi connectivity index (χ0) is 29.7. The molecule has 2 aliphatic rings. The molecule has 3 aromatic heterocycles. The monoisotopic (exact) mass is 764 g/mol. The summed E-state index contributed by atoms with van der Waals surface area (Å²) in [6.45, 7) is 4.72. The van der Waals surface area contributed by atoms with Crippen molar-refractivity contribution in [3.63, 3.8) is 0 Å². The first-order valence-corrected chi connectivity index (χ1v) is 15.5. The van der Waals surface area contributed by atoms with Gasteiger partial charge in [0.2, 0.25) is 0 Å². The average Bonchev–Trinajstić information content (AvgIpc) is 3.82. The topological polar surface area (TPSA) is 43.9 Å². The van der Waals surface area contributed by atoms with Crippen LogP contribution >= 0.6 is 0 Å². The Morgan fingerprint density at radius 1 is 0.822 bits per heavy atom. The summed E-state index contributed by atoms with van der Waals surface area (Å²) in [7, 11) is 0. The second-order valence-electron chi connectivity index (χ2n) is 12.3. The van der Waals surface area contributed by atoms with E-state index >= 15 is 0 Å². The second-order valence-corrected chi connectivity index (χ2v) is 12.3. The van der Waals surface area contributed by atoms with E-state index in [1.165, 1.54) is 36.8 Å². The minimum absolute atomic E-state index is 0. The molecule has 1 aliphatic carbocycles. The number of hydrogen-bond acceptors (Lipinski definition) is 3. The summed E-state index contributed by atoms with van der Waals surface area (Å²) in [4.78, 5) is 9.39. The van der Waals surface area contributed by atoms with Crippen molar-refractivity contribution >= 4 is 39.0 Å². The Labute approximate surface area is 277 Å². The minimum atomic E-state index is -0.0584. The van der Waals surface area contributed by atoms with Gasteiger partial charge in [-0.25, -0.2) is 0 Å². The molecule has 5 heteroatoms. The van der Waals surface area contributed by atoms with Crippen LogP contribution in [0, 0.1) is 18.1 Å². The van der Waals surface area contributed by atoms with Crippen molar-refractivity contribution in [3.05, 3.63) is 127 Å². The zero-order valence-corrected chi connectivity index (χ0v) is 27.8. The number of hydrogen-bond donors (Lipinski definition) is 0. The molecule has 0 bridgehead atoms. The summed E-state index contributed by atoms with van der Waals surface area (Å²) in [5, 5.41) is 2.23. The fraction of sp³-hybridized carbons (Fsp3) is 0.200. The summed E-state index contributed by atoms with van der Waals surface area (Å²) in [6, 6.07) is 39.2. The Hall–Kier alpha value is -4.31. The van der Waals surface area contributed by atoms with E-state index in [1.54, 1.807) is 11.8 Å². The minimum Gasteiger partial charge on any atom is -0.501 e. The molecule has 0 spiro atoms. The molecular weight excluding hydrogens is 731 g/mol. The van der Waals surface area contributed by atoms with Gasteiger partial charge in [0.05, 0.1) is 28.0 Å². The number of rotatable bonds is 3. The molecule has 225 valence electrons. The largest absolute Gasteiger partial charge is 0.501 e. The van der Waals surface area contributed by atoms with Gasteiger partial charge in [-0.2, -0.15) is 0 Å². The molecule has 1 fully saturated rings. The summed E-state index contributed by atoms with van der Waals surface area (Å²) >= 11 is 0. The van der Waals surface area contributed by atoms with Gasteiger partial charge in [0.1, 0.15) is 5.58 Å². The van der Waals surface area contributed by atoms with Crippen molar-refractivity contribution in [2.45, 2.75) is 45.1 Å². The fourth-order valence-corrected chi connectivity index (χ4v) is 7.25. The fourth-order valence-electron chi connectivity index (χ4n) is 7.25. The molecule has 1 aliphatic heterocycles. The molecule has 4 nitrogen and oxygen atoms in total. The zero-order valence-electron chi connectivity index (χ0n) is 25.4. The average molecular weight is 764 g/mol. The number of aromatic nitrogens is 3. The van der Waals surface area contributed by atoms with Crippen LogP contribution < -0.4 is 0 Å². The van der Waals surface area contributed by atoms with Crippen LogP contribution in [0.25, 0.3) is 61.7 Å². The first-order chi connectivity index (χ1) is 21.6. The normalized spacial score (nSPS) is 15.5. The van der Waals surface area contributed by atoms with E-state index in [0.29, 0.717) is 5.92 Å². The maximum atomic E-state index is 5.97. The number of furan rings is 1. The van der Waals surface area contributed by atoms with Crippen LogP contribution in [0.5, 0.6) is 0 Å². The van der Waals surface area contributed by atoms with E-state index in [1.807, 2.05) is 60.7 Å². The summed E-state index contributed by atoms with van der Waals surface area (Å²) < 4.78 is 8.44. The molecule has 0 amide bonds. The Morgan fingerprint density at radius 2 is 1.64 bits per heavy atom. The first kappa shape index (κ1) is 29.4. The van der Waals surface area contributed by atoms with Gasteiger partial charge in [-0.15, -0.1) is 54.1 Å². The number of benzene rings is 4. The van der Waals surface area contributed by atoms with Gasteiger partial charge in [-0.3, -0.25) is 4.98 Å². The SMILES string of the molecule is CC1(C)C(C2CCCC2)=Cc2cccc3nc(-c4[c-]cccc4)n1c23.[Ir].[c-]1ccc2c(oc3ccccc32)c1-c1ccccn1. The Balaban J connectivity index is 0.000000146. The number of nitrogens with zero attached hydrogens (tertiary/aromatic N) is 3. The standard InChI is InChI=1S/C23H23N2.C17H10NO.Ir/c1-23(2)19(16-9-6-7-10-16)15-18-13-8-14-20-21(18)25(23)22(24-20)17-11-4-3-5-12-17;1-2-10-16-12(6-1)13-7-5-8-14(17(13)19-16)15-9-3-4-11-18-15;/h3-5,8,11,13-16H,6-7,9-10H2,1-2H3;1-7,9-11H;/q2*-1;. The number of fused-ring (bicyclic) bond motifs is 3. The van der Waals surface area contributed by atoms with Crippen LogP contribution in [0.15, 0.2) is 113 Å². The van der Waals surface area contributed by atoms with Gasteiger partial charge >= 0.3 is 0 Å². The van der Waals surface area contributed by atoms with Gasteiger partial charge in [0, 0.05) is 31.7 Å². The van der Waals surface area contributed by atoms with Crippen molar-refractivity contribution in [1.29, 1.82) is 0 Å². The van der Waals surface area contributed by atoms with E-state index in [-0.39, 0.29) is 25.6 Å². The number of pyridine rings is 1. The molecule has 0 unspecified atom stereocenters. The van der Waals surface area contributed by atoms with Crippen LogP contribution in [-0.2, 0) is 25.6 Å². The van der Waals surface area contributed by atoms with Crippen molar-refractivity contribution in [1.82, 2.24) is 14.5 Å². The summed E-state index contributed by atoms with van der Waals surface area (Å²) in [5.41, 5.74) is 9.79. The van der Waals surface area contributed by atoms with Crippen molar-refractivity contribution < 1.29 is 24.5 Å². The third-order valence-electron chi connectivity index (χ3n) is 9.29. The molecule has 0 saturated heterocycles. The van der Waals surface area contributed by atoms with E-state index in [2.05, 4.69) is 78.0 Å². The molecule has 45 heavy (non-hydrogen) atoms. The molecule has 4 aromatic carbocycles. The van der Waals surface area contributed by atoms with E-state index in [9.17, 15) is 0 Å².